The third kappa shape index (κ3) is 4.80. The van der Waals surface area contributed by atoms with Crippen molar-refractivity contribution in [1.82, 2.24) is 4.90 Å². The topological polar surface area (TPSA) is 21.7 Å². The van der Waals surface area contributed by atoms with Crippen LogP contribution in [0.5, 0.6) is 0 Å². The second-order valence-electron chi connectivity index (χ2n) is 7.20. The highest BCUT2D eigenvalue weighted by Gasteiger charge is 2.22. The van der Waals surface area contributed by atoms with Crippen LogP contribution in [-0.4, -0.2) is 44.4 Å². The average Bonchev–Trinajstić information content (AvgIpc) is 3.12. The second kappa shape index (κ2) is 10.2. The molecule has 30 heavy (non-hydrogen) atoms. The van der Waals surface area contributed by atoms with Crippen LogP contribution in [0.15, 0.2) is 62.8 Å². The van der Waals surface area contributed by atoms with E-state index in [0.717, 1.165) is 43.9 Å². The van der Waals surface area contributed by atoms with Gasteiger partial charge in [-0.15, -0.1) is 23.7 Å². The summed E-state index contributed by atoms with van der Waals surface area (Å²) >= 11 is 7.37. The van der Waals surface area contributed by atoms with Crippen molar-refractivity contribution in [3.63, 3.8) is 0 Å². The molecular weight excluding hydrogens is 502 g/mol. The molecule has 0 radical (unpaired) electrons. The van der Waals surface area contributed by atoms with Gasteiger partial charge in [-0.2, -0.15) is 0 Å². The molecule has 1 saturated heterocycles. The molecule has 2 aromatic carbocycles. The maximum Gasteiger partial charge on any atom is 0.0810 e. The molecule has 0 spiro atoms. The Bertz CT molecular complexity index is 1020. The molecule has 7 heteroatoms. The molecule has 0 saturated carbocycles. The zero-order valence-corrected chi connectivity index (χ0v) is 20.5. The summed E-state index contributed by atoms with van der Waals surface area (Å²) in [5.41, 5.74) is 3.94. The van der Waals surface area contributed by atoms with Crippen molar-refractivity contribution in [3.05, 3.63) is 57.9 Å². The number of nitrogens with zero attached hydrogens (tertiary/aromatic N) is 1. The van der Waals surface area contributed by atoms with Crippen molar-refractivity contribution < 1.29 is 9.47 Å². The van der Waals surface area contributed by atoms with Gasteiger partial charge in [0.05, 0.1) is 26.4 Å². The molecule has 2 aliphatic heterocycles. The number of hydrogen-bond acceptors (Lipinski definition) is 5. The number of hydrogen-bond donors (Lipinski definition) is 0. The van der Waals surface area contributed by atoms with Gasteiger partial charge in [0.15, 0.2) is 0 Å². The minimum Gasteiger partial charge on any atom is -0.379 e. The van der Waals surface area contributed by atoms with Crippen molar-refractivity contribution in [2.24, 2.45) is 0 Å². The van der Waals surface area contributed by atoms with Crippen LogP contribution in [0.2, 0.25) is 0 Å². The smallest absolute Gasteiger partial charge is 0.0810 e. The van der Waals surface area contributed by atoms with Crippen LogP contribution in [0.25, 0.3) is 21.6 Å². The molecule has 0 N–H and O–H groups in total. The Balaban J connectivity index is 0.00000218. The van der Waals surface area contributed by atoms with Crippen LogP contribution in [0.3, 0.4) is 0 Å². The fourth-order valence-electron chi connectivity index (χ4n) is 3.77. The van der Waals surface area contributed by atoms with Gasteiger partial charge in [-0.3, -0.25) is 4.90 Å². The van der Waals surface area contributed by atoms with E-state index in [1.54, 1.807) is 0 Å². The van der Waals surface area contributed by atoms with E-state index in [1.807, 2.05) is 23.1 Å². The molecule has 1 fully saturated rings. The molecule has 2 aliphatic rings. The van der Waals surface area contributed by atoms with Gasteiger partial charge in [-0.05, 0) is 35.9 Å². The van der Waals surface area contributed by atoms with Gasteiger partial charge < -0.3 is 9.47 Å². The van der Waals surface area contributed by atoms with Crippen LogP contribution in [0.1, 0.15) is 4.88 Å². The van der Waals surface area contributed by atoms with Crippen molar-refractivity contribution in [1.29, 1.82) is 0 Å². The number of benzene rings is 2. The van der Waals surface area contributed by atoms with Crippen LogP contribution in [0, 0.1) is 0 Å². The molecule has 0 atom stereocenters. The number of rotatable bonds is 5. The van der Waals surface area contributed by atoms with Gasteiger partial charge in [0, 0.05) is 54.8 Å². The van der Waals surface area contributed by atoms with Crippen LogP contribution in [-0.2, 0) is 16.1 Å². The lowest BCUT2D eigenvalue weighted by atomic mass is 10.0. The van der Waals surface area contributed by atoms with Crippen LogP contribution in [0.4, 0.5) is 0 Å². The minimum absolute atomic E-state index is 0. The zero-order valence-electron chi connectivity index (χ0n) is 16.4. The first-order valence-electron chi connectivity index (χ1n) is 9.86. The Morgan fingerprint density at radius 1 is 0.967 bits per heavy atom. The third-order valence-electron chi connectivity index (χ3n) is 5.27. The fourth-order valence-corrected chi connectivity index (χ4v) is 6.41. The Hall–Kier alpha value is -0.860. The lowest BCUT2D eigenvalue weighted by molar-refractivity contribution is 0.0183. The average molecular weight is 525 g/mol. The molecule has 3 nitrogen and oxygen atoms in total. The summed E-state index contributed by atoms with van der Waals surface area (Å²) in [6.45, 7) is 6.10. The summed E-state index contributed by atoms with van der Waals surface area (Å²) in [7, 11) is 0. The highest BCUT2D eigenvalue weighted by atomic mass is 79.9. The highest BCUT2D eigenvalue weighted by molar-refractivity contribution is 9.10. The van der Waals surface area contributed by atoms with Gasteiger partial charge in [0.25, 0.3) is 0 Å². The monoisotopic (exact) mass is 523 g/mol. The van der Waals surface area contributed by atoms with Crippen molar-refractivity contribution in [2.75, 3.05) is 39.5 Å². The molecule has 5 rings (SSSR count). The van der Waals surface area contributed by atoms with E-state index in [9.17, 15) is 0 Å². The summed E-state index contributed by atoms with van der Waals surface area (Å²) in [6, 6.07) is 17.6. The lowest BCUT2D eigenvalue weighted by Gasteiger charge is -2.26. The van der Waals surface area contributed by atoms with E-state index >= 15 is 0 Å². The lowest BCUT2D eigenvalue weighted by Crippen LogP contribution is -2.38. The Kier molecular flexibility index (Phi) is 7.57. The van der Waals surface area contributed by atoms with E-state index in [1.165, 1.54) is 36.2 Å². The van der Waals surface area contributed by atoms with Crippen molar-refractivity contribution >= 4 is 51.4 Å². The third-order valence-corrected chi connectivity index (χ3v) is 8.05. The van der Waals surface area contributed by atoms with Gasteiger partial charge in [-0.25, -0.2) is 0 Å². The number of thiophene rings is 1. The summed E-state index contributed by atoms with van der Waals surface area (Å²) in [4.78, 5) is 7.65. The van der Waals surface area contributed by atoms with E-state index in [0.29, 0.717) is 6.61 Å². The van der Waals surface area contributed by atoms with Gasteiger partial charge >= 0.3 is 0 Å². The molecule has 0 unspecified atom stereocenters. The number of morpholine rings is 1. The van der Waals surface area contributed by atoms with Crippen molar-refractivity contribution in [2.45, 2.75) is 16.4 Å². The van der Waals surface area contributed by atoms with E-state index in [4.69, 9.17) is 9.47 Å². The predicted molar refractivity (Wildman–Crippen MR) is 131 cm³/mol. The van der Waals surface area contributed by atoms with Crippen LogP contribution < -0.4 is 0 Å². The zero-order chi connectivity index (χ0) is 19.6. The SMILES string of the molecule is Brc1ccc2c(c1)-c1sc(COCCN3CCOCC3)cc1-c1ccccc1S2.Cl. The summed E-state index contributed by atoms with van der Waals surface area (Å²) in [5, 5.41) is 0. The molecule has 0 bridgehead atoms. The molecule has 0 aliphatic carbocycles. The largest absolute Gasteiger partial charge is 0.379 e. The van der Waals surface area contributed by atoms with Gasteiger partial charge in [0.2, 0.25) is 0 Å². The molecule has 3 heterocycles. The highest BCUT2D eigenvalue weighted by Crippen LogP contribution is 2.51. The maximum atomic E-state index is 6.04. The Labute approximate surface area is 200 Å². The first-order chi connectivity index (χ1) is 14.3. The Morgan fingerprint density at radius 3 is 2.63 bits per heavy atom. The fraction of sp³-hybridized carbons (Fsp3) is 0.304. The van der Waals surface area contributed by atoms with E-state index in [-0.39, 0.29) is 12.4 Å². The minimum atomic E-state index is 0. The Morgan fingerprint density at radius 2 is 1.77 bits per heavy atom. The molecule has 0 amide bonds. The molecular formula is C23H23BrClNO2S2. The number of fused-ring (bicyclic) bond motifs is 5. The first-order valence-corrected chi connectivity index (χ1v) is 12.3. The van der Waals surface area contributed by atoms with Crippen molar-refractivity contribution in [3.8, 4) is 21.6 Å². The number of halogens is 2. The predicted octanol–water partition coefficient (Wildman–Crippen LogP) is 6.58. The standard InChI is InChI=1S/C23H22BrNO2S2.ClH/c24-16-5-6-22-20(13-16)23-19(18-3-1-2-4-21(18)29-22)14-17(28-23)15-27-12-9-25-7-10-26-11-8-25;/h1-6,13-14H,7-12,15H2;1H. The van der Waals surface area contributed by atoms with Gasteiger partial charge in [0.1, 0.15) is 0 Å². The molecule has 1 aromatic heterocycles. The maximum absolute atomic E-state index is 6.04. The summed E-state index contributed by atoms with van der Waals surface area (Å²) < 4.78 is 12.6. The van der Waals surface area contributed by atoms with Crippen LogP contribution >= 0.6 is 51.4 Å². The van der Waals surface area contributed by atoms with Gasteiger partial charge in [-0.1, -0.05) is 45.9 Å². The summed E-state index contributed by atoms with van der Waals surface area (Å²) in [5.74, 6) is 0. The number of ether oxygens (including phenoxy) is 2. The normalized spacial score (nSPS) is 15.5. The van der Waals surface area contributed by atoms with E-state index < -0.39 is 0 Å². The second-order valence-corrected chi connectivity index (χ2v) is 10.3. The molecule has 158 valence electrons. The summed E-state index contributed by atoms with van der Waals surface area (Å²) in [6.07, 6.45) is 0. The quantitative estimate of drug-likeness (QED) is 0.275. The molecule has 3 aromatic rings. The first kappa shape index (κ1) is 22.3. The van der Waals surface area contributed by atoms with E-state index in [2.05, 4.69) is 69.4 Å².